The number of hydrogen-bond acceptors (Lipinski definition) is 9. The van der Waals surface area contributed by atoms with E-state index < -0.39 is 38.6 Å². The summed E-state index contributed by atoms with van der Waals surface area (Å²) in [5.74, 6) is 0.406. The van der Waals surface area contributed by atoms with Gasteiger partial charge in [0.25, 0.3) is 8.32 Å². The second-order valence-corrected chi connectivity index (χ2v) is 26.0. The van der Waals surface area contributed by atoms with Gasteiger partial charge in [0.1, 0.15) is 24.1 Å². The predicted octanol–water partition coefficient (Wildman–Crippen LogP) is 7.82. The molecular weight excluding hydrogens is 707 g/mol. The maximum Gasteiger partial charge on any atom is 0.261 e. The van der Waals surface area contributed by atoms with Gasteiger partial charge in [0.05, 0.1) is 24.7 Å². The first-order valence-corrected chi connectivity index (χ1v) is 23.2. The summed E-state index contributed by atoms with van der Waals surface area (Å²) in [5, 5.41) is 1.72. The highest BCUT2D eigenvalue weighted by molar-refractivity contribution is 8.68. The molecule has 7 rings (SSSR count). The predicted molar refractivity (Wildman–Crippen MR) is 205 cm³/mol. The number of imidazole rings is 1. The molecule has 0 spiro atoms. The molecule has 0 amide bonds. The molecule has 2 aromatic heterocycles. The van der Waals surface area contributed by atoms with E-state index in [0.717, 1.165) is 29.6 Å². The third kappa shape index (κ3) is 6.38. The molecule has 8 nitrogen and oxygen atoms in total. The molecule has 13 heteroatoms. The largest absolute Gasteiger partial charge is 0.399 e. The van der Waals surface area contributed by atoms with Crippen molar-refractivity contribution in [3.8, 4) is 0 Å². The van der Waals surface area contributed by atoms with Crippen molar-refractivity contribution in [1.82, 2.24) is 19.5 Å². The summed E-state index contributed by atoms with van der Waals surface area (Å²) in [7, 11) is -3.20. The van der Waals surface area contributed by atoms with Crippen LogP contribution in [0.4, 0.5) is 4.39 Å². The fourth-order valence-corrected chi connectivity index (χ4v) is 19.7. The Kier molecular flexibility index (Phi) is 9.82. The van der Waals surface area contributed by atoms with E-state index in [1.54, 1.807) is 22.3 Å². The van der Waals surface area contributed by atoms with Crippen LogP contribution in [0.25, 0.3) is 11.2 Å². The lowest BCUT2D eigenvalue weighted by molar-refractivity contribution is -0.0403. The first-order chi connectivity index (χ1) is 23.7. The van der Waals surface area contributed by atoms with E-state index in [0.29, 0.717) is 22.8 Å². The van der Waals surface area contributed by atoms with Crippen LogP contribution < -0.4 is 10.4 Å². The Morgan fingerprint density at radius 1 is 1.12 bits per heavy atom. The van der Waals surface area contributed by atoms with E-state index in [-0.39, 0.29) is 22.5 Å². The topological polar surface area (TPSA) is 80.5 Å². The second-order valence-electron chi connectivity index (χ2n) is 15.1. The van der Waals surface area contributed by atoms with Crippen molar-refractivity contribution in [1.29, 1.82) is 0 Å². The zero-order chi connectivity index (χ0) is 35.5. The lowest BCUT2D eigenvalue weighted by Crippen LogP contribution is -2.69. The summed E-state index contributed by atoms with van der Waals surface area (Å²) in [4.78, 5) is 13.3. The minimum absolute atomic E-state index is 0.0238. The summed E-state index contributed by atoms with van der Waals surface area (Å²) in [6.45, 7) is 17.0. The standard InChI is InChI=1S/C37H46FN4O4PS2Si/c1-24(2)26-18-19-37(7)30(20-26)45-47(48,49-37)43-21-29-33(31(38)35(44-29)42-23-41-32-25(3)39-22-40-34(32)42)46-50(36(4,5)6,27-14-10-8-11-15-27)28-16-12-9-13-17-28/h8-17,22-23,26,29-31,33,35H,1,18-21H2,2-7H3/t26-,29-,30+,31-,33-,35-,37+,47?/m1/s1. The van der Waals surface area contributed by atoms with Gasteiger partial charge in [-0.2, -0.15) is 0 Å². The van der Waals surface area contributed by atoms with Gasteiger partial charge in [0, 0.05) is 4.75 Å². The zero-order valence-electron chi connectivity index (χ0n) is 29.5. The van der Waals surface area contributed by atoms with Gasteiger partial charge in [-0.15, -0.1) is 0 Å². The van der Waals surface area contributed by atoms with Crippen molar-refractivity contribution >= 4 is 58.7 Å². The molecule has 0 radical (unpaired) electrons. The second kappa shape index (κ2) is 13.6. The van der Waals surface area contributed by atoms with Crippen LogP contribution in [0.3, 0.4) is 0 Å². The van der Waals surface area contributed by atoms with Crippen molar-refractivity contribution in [2.24, 2.45) is 5.92 Å². The van der Waals surface area contributed by atoms with Gasteiger partial charge in [0.2, 0.25) is 5.69 Å². The molecular formula is C37H46FN4O4PS2Si. The number of fused-ring (bicyclic) bond motifs is 2. The van der Waals surface area contributed by atoms with Crippen LogP contribution in [0.15, 0.2) is 85.5 Å². The van der Waals surface area contributed by atoms with Gasteiger partial charge in [-0.1, -0.05) is 105 Å². The van der Waals surface area contributed by atoms with Crippen LogP contribution in [-0.2, 0) is 30.0 Å². The number of aryl methyl sites for hydroxylation is 1. The third-order valence-electron chi connectivity index (χ3n) is 10.7. The van der Waals surface area contributed by atoms with Crippen molar-refractivity contribution in [2.45, 2.75) is 101 Å². The lowest BCUT2D eigenvalue weighted by atomic mass is 9.77. The number of hydrogen-bond donors (Lipinski definition) is 0. The molecule has 0 N–H and O–H groups in total. The Hall–Kier alpha value is -2.28. The molecule has 8 atom stereocenters. The lowest BCUT2D eigenvalue weighted by Gasteiger charge is -2.45. The summed E-state index contributed by atoms with van der Waals surface area (Å²) >= 11 is 7.81. The molecule has 2 saturated heterocycles. The average Bonchev–Trinajstić information content (AvgIpc) is 3.73. The highest BCUT2D eigenvalue weighted by atomic mass is 32.9. The molecule has 2 aliphatic heterocycles. The highest BCUT2D eigenvalue weighted by Crippen LogP contribution is 2.75. The first kappa shape index (κ1) is 36.1. The molecule has 1 aliphatic carbocycles. The number of benzene rings is 2. The summed E-state index contributed by atoms with van der Waals surface area (Å²) < 4.78 is 46.3. The van der Waals surface area contributed by atoms with Crippen molar-refractivity contribution in [2.75, 3.05) is 6.61 Å². The Labute approximate surface area is 304 Å². The van der Waals surface area contributed by atoms with Crippen LogP contribution in [0.2, 0.25) is 5.04 Å². The molecule has 50 heavy (non-hydrogen) atoms. The molecule has 1 saturated carbocycles. The number of allylic oxidation sites excluding steroid dienone is 1. The quantitative estimate of drug-likeness (QED) is 0.0966. The van der Waals surface area contributed by atoms with Gasteiger partial charge in [-0.05, 0) is 73.2 Å². The number of rotatable bonds is 9. The SMILES string of the molecule is C=C(C)[C@@H]1CC[C@]2(C)SP(=S)(OC[C@H]3O[C@@H](n4cnc5c(C)ncnc54)[C@H](F)[C@@H]3O[Si](c3ccccc3)(c3ccccc3)C(C)(C)C)O[C@H]2C1. The number of nitrogens with zero attached hydrogens (tertiary/aromatic N) is 4. The third-order valence-corrected chi connectivity index (χ3v) is 21.5. The summed E-state index contributed by atoms with van der Waals surface area (Å²) in [5.41, 5.74) is 0.199. The molecule has 0 bridgehead atoms. The highest BCUT2D eigenvalue weighted by Gasteiger charge is 2.58. The molecule has 4 aromatic rings. The Morgan fingerprint density at radius 3 is 2.40 bits per heavy atom. The fourth-order valence-electron chi connectivity index (χ4n) is 7.85. The first-order valence-electron chi connectivity index (χ1n) is 17.3. The van der Waals surface area contributed by atoms with E-state index in [4.69, 9.17) is 30.0 Å². The van der Waals surface area contributed by atoms with Crippen LogP contribution in [0, 0.1) is 12.8 Å². The van der Waals surface area contributed by atoms with Gasteiger partial charge < -0.3 is 18.2 Å². The minimum Gasteiger partial charge on any atom is -0.399 e. The van der Waals surface area contributed by atoms with E-state index >= 15 is 4.39 Å². The van der Waals surface area contributed by atoms with Crippen molar-refractivity contribution in [3.63, 3.8) is 0 Å². The molecule has 1 unspecified atom stereocenters. The minimum atomic E-state index is -3.20. The molecule has 2 aromatic carbocycles. The smallest absolute Gasteiger partial charge is 0.261 e. The van der Waals surface area contributed by atoms with E-state index in [2.05, 4.69) is 80.4 Å². The van der Waals surface area contributed by atoms with Crippen LogP contribution in [0.1, 0.15) is 65.8 Å². The Balaban J connectivity index is 1.26. The van der Waals surface area contributed by atoms with E-state index in [1.807, 2.05) is 43.3 Å². The Bertz CT molecular complexity index is 1870. The maximum absolute atomic E-state index is 17.4. The zero-order valence-corrected chi connectivity index (χ0v) is 33.0. The van der Waals surface area contributed by atoms with Gasteiger partial charge in [-0.3, -0.25) is 4.57 Å². The van der Waals surface area contributed by atoms with E-state index in [9.17, 15) is 0 Å². The van der Waals surface area contributed by atoms with Crippen LogP contribution in [0.5, 0.6) is 0 Å². The molecule has 3 aliphatic rings. The van der Waals surface area contributed by atoms with Gasteiger partial charge in [-0.25, -0.2) is 19.3 Å². The average molecular weight is 753 g/mol. The normalized spacial score (nSPS) is 31.6. The molecule has 3 fully saturated rings. The monoisotopic (exact) mass is 752 g/mol. The van der Waals surface area contributed by atoms with Crippen molar-refractivity contribution in [3.05, 3.63) is 91.2 Å². The van der Waals surface area contributed by atoms with Gasteiger partial charge in [0.15, 0.2) is 18.0 Å². The summed E-state index contributed by atoms with van der Waals surface area (Å²) in [6, 6.07) is 20.5. The fraction of sp³-hybridized carbons (Fsp3) is 0.486. The summed E-state index contributed by atoms with van der Waals surface area (Å²) in [6.07, 6.45) is 1.51. The number of ether oxygens (including phenoxy) is 1. The Morgan fingerprint density at radius 2 is 1.78 bits per heavy atom. The number of aromatic nitrogens is 4. The molecule has 266 valence electrons. The van der Waals surface area contributed by atoms with Crippen LogP contribution in [-0.4, -0.2) is 63.7 Å². The maximum atomic E-state index is 17.4. The molecule has 4 heterocycles. The number of alkyl halides is 1. The van der Waals surface area contributed by atoms with Gasteiger partial charge >= 0.3 is 0 Å². The number of halogens is 1. The van der Waals surface area contributed by atoms with Crippen LogP contribution >= 0.6 is 17.1 Å². The van der Waals surface area contributed by atoms with E-state index in [1.165, 1.54) is 11.9 Å². The van der Waals surface area contributed by atoms with Crippen molar-refractivity contribution < 1.29 is 22.6 Å².